The van der Waals surface area contributed by atoms with Gasteiger partial charge in [0.1, 0.15) is 12.8 Å². The maximum atomic E-state index is 11.5. The van der Waals surface area contributed by atoms with Gasteiger partial charge in [-0.15, -0.1) is 6.58 Å². The Labute approximate surface area is 92.9 Å². The van der Waals surface area contributed by atoms with Gasteiger partial charge < -0.3 is 14.7 Å². The van der Waals surface area contributed by atoms with Crippen LogP contribution in [0.4, 0.5) is 5.82 Å². The van der Waals surface area contributed by atoms with Crippen LogP contribution in [0, 0.1) is 0 Å². The summed E-state index contributed by atoms with van der Waals surface area (Å²) in [5.74, 6) is -0.187. The van der Waals surface area contributed by atoms with Crippen LogP contribution in [0.25, 0.3) is 0 Å². The number of hydrogen-bond donors (Lipinski definition) is 1. The largest absolute Gasteiger partial charge is 0.363 e. The van der Waals surface area contributed by atoms with Crippen LogP contribution in [0.5, 0.6) is 0 Å². The molecule has 0 atom stereocenters. The van der Waals surface area contributed by atoms with Crippen molar-refractivity contribution in [3.63, 3.8) is 0 Å². The fraction of sp³-hybridized carbons (Fsp3) is 0.300. The lowest BCUT2D eigenvalue weighted by Gasteiger charge is -2.17. The van der Waals surface area contributed by atoms with Gasteiger partial charge >= 0.3 is 0 Å². The summed E-state index contributed by atoms with van der Waals surface area (Å²) >= 11 is 0. The summed E-state index contributed by atoms with van der Waals surface area (Å²) < 4.78 is 4.55. The van der Waals surface area contributed by atoms with E-state index in [1.165, 1.54) is 24.2 Å². The van der Waals surface area contributed by atoms with Crippen LogP contribution < -0.4 is 5.32 Å². The predicted octanol–water partition coefficient (Wildman–Crippen LogP) is 0.648. The van der Waals surface area contributed by atoms with Crippen LogP contribution in [0.3, 0.4) is 0 Å². The highest BCUT2D eigenvalue weighted by Crippen LogP contribution is 2.01. The average Bonchev–Trinajstić information content (AvgIpc) is 2.69. The molecular weight excluding hydrogens is 210 g/mol. The van der Waals surface area contributed by atoms with Gasteiger partial charge in [-0.25, -0.2) is 0 Å². The number of aromatic nitrogens is 1. The van der Waals surface area contributed by atoms with E-state index in [-0.39, 0.29) is 18.4 Å². The first-order valence-corrected chi connectivity index (χ1v) is 4.70. The van der Waals surface area contributed by atoms with Crippen molar-refractivity contribution in [3.8, 4) is 0 Å². The van der Waals surface area contributed by atoms with Gasteiger partial charge in [-0.3, -0.25) is 9.59 Å². The first-order valence-electron chi connectivity index (χ1n) is 4.70. The molecule has 2 amide bonds. The van der Waals surface area contributed by atoms with Gasteiger partial charge in [-0.05, 0) is 0 Å². The molecule has 1 rings (SSSR count). The number of rotatable bonds is 5. The Morgan fingerprint density at radius 1 is 1.69 bits per heavy atom. The van der Waals surface area contributed by atoms with Gasteiger partial charge in [-0.2, -0.15) is 0 Å². The highest BCUT2D eigenvalue weighted by molar-refractivity contribution is 5.93. The molecule has 6 nitrogen and oxygen atoms in total. The van der Waals surface area contributed by atoms with Gasteiger partial charge in [0, 0.05) is 19.5 Å². The smallest absolute Gasteiger partial charge is 0.245 e. The highest BCUT2D eigenvalue weighted by atomic mass is 16.5. The van der Waals surface area contributed by atoms with Crippen molar-refractivity contribution in [3.05, 3.63) is 25.0 Å². The fourth-order valence-corrected chi connectivity index (χ4v) is 1.09. The lowest BCUT2D eigenvalue weighted by atomic mass is 10.4. The van der Waals surface area contributed by atoms with Crippen molar-refractivity contribution in [1.82, 2.24) is 10.1 Å². The van der Waals surface area contributed by atoms with E-state index >= 15 is 0 Å². The number of amides is 2. The number of nitrogens with one attached hydrogen (secondary N) is 1. The Morgan fingerprint density at radius 2 is 2.44 bits per heavy atom. The van der Waals surface area contributed by atoms with E-state index in [4.69, 9.17) is 0 Å². The monoisotopic (exact) mass is 223 g/mol. The quantitative estimate of drug-likeness (QED) is 0.743. The molecule has 0 saturated heterocycles. The maximum absolute atomic E-state index is 11.5. The average molecular weight is 223 g/mol. The number of hydrogen-bond acceptors (Lipinski definition) is 4. The van der Waals surface area contributed by atoms with Gasteiger partial charge in [0.15, 0.2) is 5.82 Å². The third kappa shape index (κ3) is 3.56. The molecule has 0 radical (unpaired) electrons. The molecule has 1 N–H and O–H groups in total. The van der Waals surface area contributed by atoms with Crippen LogP contribution in [-0.4, -0.2) is 35.0 Å². The first-order chi connectivity index (χ1) is 7.63. The zero-order valence-electron chi connectivity index (χ0n) is 8.97. The minimum atomic E-state index is -0.328. The molecule has 0 unspecified atom stereocenters. The molecule has 0 saturated carbocycles. The molecule has 0 bridgehead atoms. The summed E-state index contributed by atoms with van der Waals surface area (Å²) in [5, 5.41) is 6.02. The van der Waals surface area contributed by atoms with Crippen LogP contribution in [0.2, 0.25) is 0 Å². The lowest BCUT2D eigenvalue weighted by molar-refractivity contribution is -0.132. The number of nitrogens with zero attached hydrogens (tertiary/aromatic N) is 2. The summed E-state index contributed by atoms with van der Waals surface area (Å²) in [6.45, 7) is 5.21. The molecule has 1 aromatic heterocycles. The summed E-state index contributed by atoms with van der Waals surface area (Å²) in [4.78, 5) is 24.0. The molecule has 16 heavy (non-hydrogen) atoms. The van der Waals surface area contributed by atoms with Gasteiger partial charge in [-0.1, -0.05) is 11.2 Å². The second kappa shape index (κ2) is 5.69. The van der Waals surface area contributed by atoms with Crippen molar-refractivity contribution in [2.24, 2.45) is 0 Å². The molecule has 86 valence electrons. The Bertz CT molecular complexity index is 373. The Balaban J connectivity index is 2.48. The zero-order valence-corrected chi connectivity index (χ0v) is 8.97. The number of carbonyl (C=O) groups is 2. The summed E-state index contributed by atoms with van der Waals surface area (Å²) in [5.41, 5.74) is 0. The molecule has 0 spiro atoms. The Kier molecular flexibility index (Phi) is 4.26. The third-order valence-corrected chi connectivity index (χ3v) is 1.83. The number of anilines is 1. The normalized spacial score (nSPS) is 9.56. The topological polar surface area (TPSA) is 75.4 Å². The van der Waals surface area contributed by atoms with Crippen molar-refractivity contribution in [2.45, 2.75) is 6.92 Å². The molecule has 0 aliphatic heterocycles. The van der Waals surface area contributed by atoms with Gasteiger partial charge in [0.25, 0.3) is 0 Å². The molecule has 0 aliphatic rings. The van der Waals surface area contributed by atoms with Crippen molar-refractivity contribution < 1.29 is 14.1 Å². The Hall–Kier alpha value is -2.11. The fourth-order valence-electron chi connectivity index (χ4n) is 1.09. The second-order valence-electron chi connectivity index (χ2n) is 3.12. The maximum Gasteiger partial charge on any atom is 0.245 e. The molecule has 0 aromatic carbocycles. The molecule has 1 heterocycles. The summed E-state index contributed by atoms with van der Waals surface area (Å²) in [6.07, 6.45) is 2.91. The van der Waals surface area contributed by atoms with E-state index in [1.807, 2.05) is 0 Å². The molecule has 0 fully saturated rings. The molecule has 6 heteroatoms. The van der Waals surface area contributed by atoms with Crippen LogP contribution >= 0.6 is 0 Å². The third-order valence-electron chi connectivity index (χ3n) is 1.83. The van der Waals surface area contributed by atoms with E-state index in [1.54, 1.807) is 6.08 Å². The summed E-state index contributed by atoms with van der Waals surface area (Å²) in [7, 11) is 0. The standard InChI is InChI=1S/C10H13N3O3/c1-3-5-13(8(2)14)7-10(15)11-9-4-6-16-12-9/h3-4,6H,1,5,7H2,2H3,(H,11,12,15). The molecule has 0 aliphatic carbocycles. The highest BCUT2D eigenvalue weighted by Gasteiger charge is 2.12. The van der Waals surface area contributed by atoms with Gasteiger partial charge in [0.05, 0.1) is 0 Å². The Morgan fingerprint density at radius 3 is 2.94 bits per heavy atom. The van der Waals surface area contributed by atoms with Crippen LogP contribution in [0.15, 0.2) is 29.5 Å². The molecular formula is C10H13N3O3. The summed E-state index contributed by atoms with van der Waals surface area (Å²) in [6, 6.07) is 1.52. The van der Waals surface area contributed by atoms with Crippen molar-refractivity contribution in [2.75, 3.05) is 18.4 Å². The number of carbonyl (C=O) groups excluding carboxylic acids is 2. The van der Waals surface area contributed by atoms with E-state index in [0.717, 1.165) is 0 Å². The first kappa shape index (κ1) is 12.0. The predicted molar refractivity (Wildman–Crippen MR) is 57.6 cm³/mol. The van der Waals surface area contributed by atoms with Crippen molar-refractivity contribution in [1.29, 1.82) is 0 Å². The second-order valence-corrected chi connectivity index (χ2v) is 3.12. The van der Waals surface area contributed by atoms with Gasteiger partial charge in [0.2, 0.25) is 11.8 Å². The van der Waals surface area contributed by atoms with Crippen LogP contribution in [0.1, 0.15) is 6.92 Å². The van der Waals surface area contributed by atoms with E-state index < -0.39 is 0 Å². The van der Waals surface area contributed by atoms with Crippen LogP contribution in [-0.2, 0) is 9.59 Å². The zero-order chi connectivity index (χ0) is 12.0. The minimum absolute atomic E-state index is 0.0335. The minimum Gasteiger partial charge on any atom is -0.363 e. The van der Waals surface area contributed by atoms with E-state index in [2.05, 4.69) is 21.6 Å². The lowest BCUT2D eigenvalue weighted by Crippen LogP contribution is -2.36. The van der Waals surface area contributed by atoms with E-state index in [0.29, 0.717) is 12.4 Å². The van der Waals surface area contributed by atoms with Crippen molar-refractivity contribution >= 4 is 17.6 Å². The van der Waals surface area contributed by atoms with E-state index in [9.17, 15) is 9.59 Å². The SMILES string of the molecule is C=CCN(CC(=O)Nc1ccon1)C(C)=O. The molecule has 1 aromatic rings.